The van der Waals surface area contributed by atoms with Crippen LogP contribution in [-0.4, -0.2) is 54.1 Å². The largest absolute Gasteiger partial charge is 0.464 e. The minimum atomic E-state index is -0.714. The van der Waals surface area contributed by atoms with E-state index in [0.717, 1.165) is 0 Å². The van der Waals surface area contributed by atoms with Crippen LogP contribution in [0.3, 0.4) is 0 Å². The second-order valence-electron chi connectivity index (χ2n) is 4.82. The van der Waals surface area contributed by atoms with Crippen LogP contribution in [0.1, 0.15) is 21.0 Å². The summed E-state index contributed by atoms with van der Waals surface area (Å²) in [5.74, 6) is -0.708. The number of H-pyrrole nitrogens is 1. The molecule has 0 aliphatic rings. The average Bonchev–Trinajstić information content (AvgIpc) is 3.10. The predicted octanol–water partition coefficient (Wildman–Crippen LogP) is 0.693. The standard InChI is InChI=1S/C14H17ClN6O3/c1-21(7-6-18-13(22)8-4-3-5-17-8)12-10(15)19-9(11(16)20-12)14(23)24-2/h3-5,17H,6-7H2,1-2H3,(H2,16,20)(H,18,22). The molecular weight excluding hydrogens is 336 g/mol. The zero-order valence-corrected chi connectivity index (χ0v) is 13.9. The van der Waals surface area contributed by atoms with Gasteiger partial charge in [-0.3, -0.25) is 4.79 Å². The quantitative estimate of drug-likeness (QED) is 0.653. The van der Waals surface area contributed by atoms with Gasteiger partial charge in [0.05, 0.1) is 7.11 Å². The molecule has 0 radical (unpaired) electrons. The number of carbonyl (C=O) groups is 2. The van der Waals surface area contributed by atoms with Crippen molar-refractivity contribution in [1.29, 1.82) is 0 Å². The maximum Gasteiger partial charge on any atom is 0.360 e. The van der Waals surface area contributed by atoms with Crippen LogP contribution in [0.25, 0.3) is 0 Å². The molecule has 0 aromatic carbocycles. The first kappa shape index (κ1) is 17.5. The van der Waals surface area contributed by atoms with Crippen LogP contribution in [0.4, 0.5) is 11.6 Å². The molecule has 0 saturated heterocycles. The Balaban J connectivity index is 1.99. The van der Waals surface area contributed by atoms with Gasteiger partial charge in [-0.1, -0.05) is 11.6 Å². The third-order valence-electron chi connectivity index (χ3n) is 3.18. The molecule has 2 aromatic heterocycles. The maximum absolute atomic E-state index is 11.8. The Hall–Kier alpha value is -2.81. The summed E-state index contributed by atoms with van der Waals surface area (Å²) in [5.41, 5.74) is 6.05. The molecule has 2 aromatic rings. The van der Waals surface area contributed by atoms with E-state index in [4.69, 9.17) is 17.3 Å². The van der Waals surface area contributed by atoms with Gasteiger partial charge in [-0.15, -0.1) is 0 Å². The van der Waals surface area contributed by atoms with Crippen molar-refractivity contribution < 1.29 is 14.3 Å². The molecule has 2 rings (SSSR count). The summed E-state index contributed by atoms with van der Waals surface area (Å²) >= 11 is 6.05. The average molecular weight is 353 g/mol. The fraction of sp³-hybridized carbons (Fsp3) is 0.286. The van der Waals surface area contributed by atoms with Crippen molar-refractivity contribution in [1.82, 2.24) is 20.3 Å². The molecule has 0 aliphatic carbocycles. The van der Waals surface area contributed by atoms with Gasteiger partial charge in [-0.25, -0.2) is 14.8 Å². The zero-order valence-electron chi connectivity index (χ0n) is 13.2. The Morgan fingerprint density at radius 1 is 1.46 bits per heavy atom. The molecule has 128 valence electrons. The second kappa shape index (κ2) is 7.64. The van der Waals surface area contributed by atoms with E-state index in [1.807, 2.05) is 0 Å². The number of ether oxygens (including phenoxy) is 1. The Kier molecular flexibility index (Phi) is 5.59. The Labute approximate surface area is 143 Å². The molecule has 0 saturated carbocycles. The van der Waals surface area contributed by atoms with Crippen LogP contribution in [-0.2, 0) is 4.74 Å². The van der Waals surface area contributed by atoms with E-state index in [9.17, 15) is 9.59 Å². The highest BCUT2D eigenvalue weighted by atomic mass is 35.5. The van der Waals surface area contributed by atoms with E-state index in [2.05, 4.69) is 25.0 Å². The summed E-state index contributed by atoms with van der Waals surface area (Å²) < 4.78 is 4.55. The number of methoxy groups -OCH3 is 1. The summed E-state index contributed by atoms with van der Waals surface area (Å²) in [5, 5.41) is 2.77. The number of hydrogen-bond donors (Lipinski definition) is 3. The summed E-state index contributed by atoms with van der Waals surface area (Å²) in [6.45, 7) is 0.767. The number of carbonyl (C=O) groups excluding carboxylic acids is 2. The normalized spacial score (nSPS) is 10.3. The summed E-state index contributed by atoms with van der Waals surface area (Å²) in [7, 11) is 2.93. The number of aromatic amines is 1. The number of nitrogen functional groups attached to an aromatic ring is 1. The van der Waals surface area contributed by atoms with Crippen molar-refractivity contribution in [3.8, 4) is 0 Å². The number of hydrogen-bond acceptors (Lipinski definition) is 7. The lowest BCUT2D eigenvalue weighted by Crippen LogP contribution is -2.33. The molecule has 0 fully saturated rings. The van der Waals surface area contributed by atoms with E-state index in [0.29, 0.717) is 24.6 Å². The number of amides is 1. The van der Waals surface area contributed by atoms with Crippen LogP contribution in [0, 0.1) is 0 Å². The number of aromatic nitrogens is 3. The van der Waals surface area contributed by atoms with Crippen molar-refractivity contribution in [2.75, 3.05) is 37.9 Å². The molecule has 1 amide bonds. The monoisotopic (exact) mass is 352 g/mol. The number of nitrogens with zero attached hydrogens (tertiary/aromatic N) is 3. The van der Waals surface area contributed by atoms with Crippen LogP contribution in [0.5, 0.6) is 0 Å². The lowest BCUT2D eigenvalue weighted by Gasteiger charge is -2.19. The topological polar surface area (TPSA) is 126 Å². The summed E-state index contributed by atoms with van der Waals surface area (Å²) in [6, 6.07) is 3.41. The molecule has 9 nitrogen and oxygen atoms in total. The van der Waals surface area contributed by atoms with Crippen LogP contribution < -0.4 is 16.0 Å². The molecule has 2 heterocycles. The van der Waals surface area contributed by atoms with Gasteiger partial charge >= 0.3 is 5.97 Å². The van der Waals surface area contributed by atoms with E-state index in [1.54, 1.807) is 30.3 Å². The number of nitrogens with one attached hydrogen (secondary N) is 2. The van der Waals surface area contributed by atoms with Crippen molar-refractivity contribution in [3.05, 3.63) is 34.9 Å². The first-order chi connectivity index (χ1) is 11.4. The first-order valence-corrected chi connectivity index (χ1v) is 7.36. The highest BCUT2D eigenvalue weighted by Crippen LogP contribution is 2.23. The molecule has 24 heavy (non-hydrogen) atoms. The lowest BCUT2D eigenvalue weighted by atomic mass is 10.4. The third-order valence-corrected chi connectivity index (χ3v) is 3.43. The number of anilines is 2. The van der Waals surface area contributed by atoms with Gasteiger partial charge in [-0.2, -0.15) is 0 Å². The maximum atomic E-state index is 11.8. The Morgan fingerprint density at radius 2 is 2.21 bits per heavy atom. The summed E-state index contributed by atoms with van der Waals surface area (Å²) in [4.78, 5) is 35.8. The van der Waals surface area contributed by atoms with Gasteiger partial charge in [0.1, 0.15) is 5.69 Å². The highest BCUT2D eigenvalue weighted by molar-refractivity contribution is 6.32. The molecule has 0 aliphatic heterocycles. The number of likely N-dealkylation sites (N-methyl/N-ethyl adjacent to an activating group) is 1. The predicted molar refractivity (Wildman–Crippen MR) is 89.2 cm³/mol. The number of rotatable bonds is 6. The van der Waals surface area contributed by atoms with Crippen molar-refractivity contribution in [3.63, 3.8) is 0 Å². The first-order valence-electron chi connectivity index (χ1n) is 6.98. The van der Waals surface area contributed by atoms with Crippen LogP contribution in [0.15, 0.2) is 18.3 Å². The molecular formula is C14H17ClN6O3. The molecule has 0 bridgehead atoms. The second-order valence-corrected chi connectivity index (χ2v) is 5.18. The van der Waals surface area contributed by atoms with Crippen molar-refractivity contribution in [2.45, 2.75) is 0 Å². The SMILES string of the molecule is COC(=O)c1nc(Cl)c(N(C)CCNC(=O)c2ccc[nH]2)nc1N. The van der Waals surface area contributed by atoms with E-state index < -0.39 is 5.97 Å². The number of esters is 1. The minimum Gasteiger partial charge on any atom is -0.464 e. The van der Waals surface area contributed by atoms with Crippen molar-refractivity contribution >= 4 is 35.1 Å². The fourth-order valence-corrected chi connectivity index (χ4v) is 2.19. The van der Waals surface area contributed by atoms with Crippen molar-refractivity contribution in [2.24, 2.45) is 0 Å². The fourth-order valence-electron chi connectivity index (χ4n) is 1.92. The Morgan fingerprint density at radius 3 is 2.83 bits per heavy atom. The van der Waals surface area contributed by atoms with Crippen LogP contribution in [0.2, 0.25) is 5.15 Å². The highest BCUT2D eigenvalue weighted by Gasteiger charge is 2.19. The van der Waals surface area contributed by atoms with Gasteiger partial charge in [0, 0.05) is 26.3 Å². The van der Waals surface area contributed by atoms with Crippen LogP contribution >= 0.6 is 11.6 Å². The Bertz CT molecular complexity index is 734. The zero-order chi connectivity index (χ0) is 17.7. The van der Waals surface area contributed by atoms with E-state index in [1.165, 1.54) is 7.11 Å². The smallest absolute Gasteiger partial charge is 0.360 e. The molecule has 10 heteroatoms. The summed E-state index contributed by atoms with van der Waals surface area (Å²) in [6.07, 6.45) is 1.67. The number of nitrogens with two attached hydrogens (primary N) is 1. The molecule has 0 unspecified atom stereocenters. The third kappa shape index (κ3) is 3.93. The van der Waals surface area contributed by atoms with E-state index in [-0.39, 0.29) is 22.6 Å². The minimum absolute atomic E-state index is 0.0165. The van der Waals surface area contributed by atoms with Gasteiger partial charge in [0.15, 0.2) is 22.5 Å². The molecule has 0 atom stereocenters. The lowest BCUT2D eigenvalue weighted by molar-refractivity contribution is 0.0595. The van der Waals surface area contributed by atoms with Gasteiger partial charge in [0.2, 0.25) is 0 Å². The van der Waals surface area contributed by atoms with Gasteiger partial charge in [-0.05, 0) is 12.1 Å². The van der Waals surface area contributed by atoms with Gasteiger partial charge < -0.3 is 25.7 Å². The van der Waals surface area contributed by atoms with E-state index >= 15 is 0 Å². The van der Waals surface area contributed by atoms with Gasteiger partial charge in [0.25, 0.3) is 5.91 Å². The molecule has 4 N–H and O–H groups in total. The number of halogens is 1. The molecule has 0 spiro atoms.